The second-order valence-electron chi connectivity index (χ2n) is 5.14. The van der Waals surface area contributed by atoms with Gasteiger partial charge in [-0.25, -0.2) is 0 Å². The average molecular weight is 306 g/mol. The Labute approximate surface area is 131 Å². The van der Waals surface area contributed by atoms with E-state index in [-0.39, 0.29) is 10.7 Å². The van der Waals surface area contributed by atoms with Gasteiger partial charge >= 0.3 is 0 Å². The van der Waals surface area contributed by atoms with Gasteiger partial charge in [0.25, 0.3) is 5.12 Å². The van der Waals surface area contributed by atoms with Crippen molar-refractivity contribution in [3.05, 3.63) is 30.1 Å². The van der Waals surface area contributed by atoms with Crippen molar-refractivity contribution in [3.8, 4) is 11.8 Å². The molecule has 0 spiro atoms. The predicted molar refractivity (Wildman–Crippen MR) is 86.9 cm³/mol. The van der Waals surface area contributed by atoms with Gasteiger partial charge in [0.1, 0.15) is 0 Å². The van der Waals surface area contributed by atoms with E-state index in [1.807, 2.05) is 33.0 Å². The van der Waals surface area contributed by atoms with Crippen molar-refractivity contribution < 1.29 is 9.53 Å². The molecule has 0 aromatic carbocycles. The molecule has 0 bridgehead atoms. The zero-order chi connectivity index (χ0) is 15.7. The lowest BCUT2D eigenvalue weighted by Crippen LogP contribution is -2.41. The number of aromatic nitrogens is 1. The van der Waals surface area contributed by atoms with Gasteiger partial charge in [0.15, 0.2) is 0 Å². The van der Waals surface area contributed by atoms with E-state index >= 15 is 0 Å². The van der Waals surface area contributed by atoms with Gasteiger partial charge in [0.05, 0.1) is 18.8 Å². The molecule has 4 nitrogen and oxygen atoms in total. The van der Waals surface area contributed by atoms with Gasteiger partial charge in [-0.3, -0.25) is 14.7 Å². The highest BCUT2D eigenvalue weighted by Crippen LogP contribution is 2.11. The zero-order valence-corrected chi connectivity index (χ0v) is 13.9. The largest absolute Gasteiger partial charge is 0.375 e. The van der Waals surface area contributed by atoms with Crippen LogP contribution in [0.2, 0.25) is 0 Å². The van der Waals surface area contributed by atoms with E-state index in [1.54, 1.807) is 18.6 Å². The molecule has 0 saturated carbocycles. The first-order valence-electron chi connectivity index (χ1n) is 6.74. The summed E-state index contributed by atoms with van der Waals surface area (Å²) >= 11 is 1.13. The van der Waals surface area contributed by atoms with E-state index in [4.69, 9.17) is 4.74 Å². The molecule has 0 amide bonds. The quantitative estimate of drug-likeness (QED) is 0.595. The Balaban J connectivity index is 2.36. The molecular formula is C16H22N2O2S. The molecule has 21 heavy (non-hydrogen) atoms. The predicted octanol–water partition coefficient (Wildman–Crippen LogP) is 2.20. The fourth-order valence-electron chi connectivity index (χ4n) is 1.50. The van der Waals surface area contributed by atoms with E-state index < -0.39 is 0 Å². The Bertz CT molecular complexity index is 506. The Kier molecular flexibility index (Phi) is 7.44. The van der Waals surface area contributed by atoms with Crippen molar-refractivity contribution in [2.45, 2.75) is 26.0 Å². The molecule has 0 atom stereocenters. The number of ether oxygens (including phenoxy) is 1. The second-order valence-corrected chi connectivity index (χ2v) is 5.92. The van der Waals surface area contributed by atoms with Crippen molar-refractivity contribution >= 4 is 16.9 Å². The number of likely N-dealkylation sites (N-methyl/N-ethyl adjacent to an activating group) is 1. The highest BCUT2D eigenvalue weighted by molar-refractivity contribution is 8.13. The van der Waals surface area contributed by atoms with Gasteiger partial charge in [0.2, 0.25) is 0 Å². The summed E-state index contributed by atoms with van der Waals surface area (Å²) in [4.78, 5) is 17.4. The molecule has 0 aliphatic carbocycles. The van der Waals surface area contributed by atoms with Gasteiger partial charge in [0, 0.05) is 18.9 Å². The van der Waals surface area contributed by atoms with Crippen molar-refractivity contribution in [2.75, 3.05) is 26.5 Å². The van der Waals surface area contributed by atoms with Crippen LogP contribution in [0.15, 0.2) is 24.5 Å². The number of pyridine rings is 1. The lowest BCUT2D eigenvalue weighted by Gasteiger charge is -2.30. The normalized spacial score (nSPS) is 11.1. The molecule has 1 rings (SSSR count). The SMILES string of the molecule is CSC(=O)C#CC(C)(C)N(C)CCOCc1cccnc1. The zero-order valence-electron chi connectivity index (χ0n) is 13.0. The van der Waals surface area contributed by atoms with Gasteiger partial charge in [-0.05, 0) is 44.7 Å². The maximum atomic E-state index is 11.2. The molecule has 5 heteroatoms. The van der Waals surface area contributed by atoms with Crippen LogP contribution in [0.4, 0.5) is 0 Å². The number of rotatable bonds is 6. The molecule has 114 valence electrons. The summed E-state index contributed by atoms with van der Waals surface area (Å²) in [6.07, 6.45) is 5.28. The molecule has 0 aliphatic heterocycles. The van der Waals surface area contributed by atoms with Crippen LogP contribution < -0.4 is 0 Å². The molecule has 0 saturated heterocycles. The standard InChI is InChI=1S/C16H22N2O2S/c1-16(2,8-7-15(19)21-4)18(3)10-11-20-13-14-6-5-9-17-12-14/h5-6,9,12H,10-11,13H2,1-4H3. The highest BCUT2D eigenvalue weighted by Gasteiger charge is 2.20. The first-order chi connectivity index (χ1) is 9.95. The van der Waals surface area contributed by atoms with E-state index in [0.717, 1.165) is 23.9 Å². The van der Waals surface area contributed by atoms with Crippen molar-refractivity contribution in [1.82, 2.24) is 9.88 Å². The van der Waals surface area contributed by atoms with Crippen LogP contribution in [0, 0.1) is 11.8 Å². The van der Waals surface area contributed by atoms with Crippen molar-refractivity contribution in [3.63, 3.8) is 0 Å². The third-order valence-electron chi connectivity index (χ3n) is 3.17. The highest BCUT2D eigenvalue weighted by atomic mass is 32.2. The molecule has 0 fully saturated rings. The number of hydrogen-bond donors (Lipinski definition) is 0. The van der Waals surface area contributed by atoms with E-state index in [0.29, 0.717) is 13.2 Å². The summed E-state index contributed by atoms with van der Waals surface area (Å²) in [6, 6.07) is 3.88. The summed E-state index contributed by atoms with van der Waals surface area (Å²) < 4.78 is 5.63. The average Bonchev–Trinajstić information content (AvgIpc) is 2.50. The van der Waals surface area contributed by atoms with Crippen LogP contribution in [0.3, 0.4) is 0 Å². The number of thioether (sulfide) groups is 1. The maximum Gasteiger partial charge on any atom is 0.262 e. The fourth-order valence-corrected chi connectivity index (χ4v) is 1.66. The molecule has 1 aromatic heterocycles. The lowest BCUT2D eigenvalue weighted by atomic mass is 10.0. The fraction of sp³-hybridized carbons (Fsp3) is 0.500. The summed E-state index contributed by atoms with van der Waals surface area (Å²) in [5.74, 6) is 5.66. The van der Waals surface area contributed by atoms with Crippen LogP contribution in [0.5, 0.6) is 0 Å². The summed E-state index contributed by atoms with van der Waals surface area (Å²) in [6.45, 7) is 5.89. The van der Waals surface area contributed by atoms with E-state index in [1.165, 1.54) is 0 Å². The van der Waals surface area contributed by atoms with Crippen LogP contribution in [0.25, 0.3) is 0 Å². The first-order valence-corrected chi connectivity index (χ1v) is 7.97. The van der Waals surface area contributed by atoms with Crippen molar-refractivity contribution in [1.29, 1.82) is 0 Å². The van der Waals surface area contributed by atoms with Crippen LogP contribution in [0.1, 0.15) is 19.4 Å². The monoisotopic (exact) mass is 306 g/mol. The third-order valence-corrected chi connectivity index (χ3v) is 3.65. The molecule has 0 unspecified atom stereocenters. The number of nitrogens with zero attached hydrogens (tertiary/aromatic N) is 2. The minimum atomic E-state index is -0.358. The second kappa shape index (κ2) is 8.83. The smallest absolute Gasteiger partial charge is 0.262 e. The third kappa shape index (κ3) is 6.76. The molecule has 1 heterocycles. The molecule has 1 aromatic rings. The van der Waals surface area contributed by atoms with Gasteiger partial charge in [-0.15, -0.1) is 0 Å². The van der Waals surface area contributed by atoms with E-state index in [9.17, 15) is 4.79 Å². The first kappa shape index (κ1) is 17.7. The summed E-state index contributed by atoms with van der Waals surface area (Å²) in [7, 11) is 1.98. The molecule has 0 radical (unpaired) electrons. The Morgan fingerprint density at radius 3 is 2.90 bits per heavy atom. The van der Waals surface area contributed by atoms with Gasteiger partial charge < -0.3 is 4.74 Å². The van der Waals surface area contributed by atoms with Crippen LogP contribution in [-0.4, -0.2) is 47.0 Å². The number of carbonyl (C=O) groups excluding carboxylic acids is 1. The topological polar surface area (TPSA) is 42.4 Å². The van der Waals surface area contributed by atoms with Gasteiger partial charge in [-0.2, -0.15) is 0 Å². The summed E-state index contributed by atoms with van der Waals surface area (Å²) in [5.41, 5.74) is 0.702. The minimum Gasteiger partial charge on any atom is -0.375 e. The van der Waals surface area contributed by atoms with Crippen molar-refractivity contribution in [2.24, 2.45) is 0 Å². The Morgan fingerprint density at radius 2 is 2.29 bits per heavy atom. The Morgan fingerprint density at radius 1 is 1.52 bits per heavy atom. The van der Waals surface area contributed by atoms with Crippen LogP contribution in [-0.2, 0) is 16.1 Å². The number of hydrogen-bond acceptors (Lipinski definition) is 5. The van der Waals surface area contributed by atoms with E-state index in [2.05, 4.69) is 21.7 Å². The summed E-state index contributed by atoms with van der Waals surface area (Å²) in [5, 5.41) is -0.107. The minimum absolute atomic E-state index is 0.107. The van der Waals surface area contributed by atoms with Gasteiger partial charge in [-0.1, -0.05) is 23.7 Å². The maximum absolute atomic E-state index is 11.2. The lowest BCUT2D eigenvalue weighted by molar-refractivity contribution is -0.106. The molecular weight excluding hydrogens is 284 g/mol. The molecule has 0 N–H and O–H groups in total. The molecule has 0 aliphatic rings. The number of carbonyl (C=O) groups is 1. The van der Waals surface area contributed by atoms with Crippen LogP contribution >= 0.6 is 11.8 Å². The Hall–Kier alpha value is -1.35.